The van der Waals surface area contributed by atoms with E-state index in [1.54, 1.807) is 0 Å². The first-order chi connectivity index (χ1) is 11.2. The predicted octanol–water partition coefficient (Wildman–Crippen LogP) is 5.64. The summed E-state index contributed by atoms with van der Waals surface area (Å²) in [5.74, 6) is 0.861. The molecular weight excluding hydrogens is 319 g/mol. The van der Waals surface area contributed by atoms with Crippen molar-refractivity contribution >= 4 is 8.53 Å². The number of rotatable bonds is 8. The maximum absolute atomic E-state index is 8.80. The van der Waals surface area contributed by atoms with Gasteiger partial charge in [0.05, 0.1) is 19.1 Å². The summed E-state index contributed by atoms with van der Waals surface area (Å²) < 4.78 is 14.6. The molecule has 0 amide bonds. The first kappa shape index (κ1) is 20.9. The second kappa shape index (κ2) is 9.37. The zero-order chi connectivity index (χ0) is 18.3. The lowest BCUT2D eigenvalue weighted by Crippen LogP contribution is -2.34. The number of nitriles is 1. The summed E-state index contributed by atoms with van der Waals surface area (Å²) in [5.41, 5.74) is 1.15. The van der Waals surface area contributed by atoms with E-state index in [2.05, 4.69) is 65.3 Å². The molecule has 0 aliphatic heterocycles. The van der Waals surface area contributed by atoms with E-state index in [-0.39, 0.29) is 5.41 Å². The van der Waals surface area contributed by atoms with Crippen LogP contribution in [0.25, 0.3) is 0 Å². The van der Waals surface area contributed by atoms with Crippen LogP contribution in [0.5, 0.6) is 5.75 Å². The van der Waals surface area contributed by atoms with Crippen molar-refractivity contribution in [2.24, 2.45) is 0 Å². The van der Waals surface area contributed by atoms with Crippen molar-refractivity contribution in [3.63, 3.8) is 0 Å². The van der Waals surface area contributed by atoms with Gasteiger partial charge >= 0.3 is 8.53 Å². The van der Waals surface area contributed by atoms with Gasteiger partial charge in [-0.2, -0.15) is 5.26 Å². The van der Waals surface area contributed by atoms with Gasteiger partial charge in [-0.15, -0.1) is 0 Å². The molecule has 0 fully saturated rings. The molecule has 0 spiro atoms. The minimum Gasteiger partial charge on any atom is -0.435 e. The SMILES string of the molecule is CC(C)N(C(C)C)P(OCCC#N)Oc1ccccc1C(C)(C)C. The van der Waals surface area contributed by atoms with E-state index in [9.17, 15) is 0 Å². The lowest BCUT2D eigenvalue weighted by molar-refractivity contribution is 0.219. The van der Waals surface area contributed by atoms with Crippen molar-refractivity contribution in [3.8, 4) is 11.8 Å². The molecule has 0 aliphatic rings. The zero-order valence-corrected chi connectivity index (χ0v) is 16.9. The van der Waals surface area contributed by atoms with Crippen molar-refractivity contribution in [2.45, 2.75) is 72.4 Å². The number of nitrogens with zero attached hydrogens (tertiary/aromatic N) is 2. The van der Waals surface area contributed by atoms with Gasteiger partial charge in [0.1, 0.15) is 5.75 Å². The van der Waals surface area contributed by atoms with Crippen LogP contribution in [-0.4, -0.2) is 23.4 Å². The Kier molecular flexibility index (Phi) is 8.16. The molecule has 5 heteroatoms. The van der Waals surface area contributed by atoms with Gasteiger partial charge in [0, 0.05) is 12.1 Å². The smallest absolute Gasteiger partial charge is 0.321 e. The van der Waals surface area contributed by atoms with E-state index in [0.717, 1.165) is 11.3 Å². The van der Waals surface area contributed by atoms with Gasteiger partial charge in [0.25, 0.3) is 0 Å². The van der Waals surface area contributed by atoms with Gasteiger partial charge in [-0.25, -0.2) is 4.67 Å². The minimum atomic E-state index is -1.27. The lowest BCUT2D eigenvalue weighted by atomic mass is 9.86. The van der Waals surface area contributed by atoms with Crippen LogP contribution in [0.1, 0.15) is 60.5 Å². The Bertz CT molecular complexity index is 539. The highest BCUT2D eigenvalue weighted by Gasteiger charge is 2.30. The fraction of sp³-hybridized carbons (Fsp3) is 0.632. The van der Waals surface area contributed by atoms with Crippen LogP contribution in [0, 0.1) is 11.3 Å². The van der Waals surface area contributed by atoms with Gasteiger partial charge < -0.3 is 9.05 Å². The van der Waals surface area contributed by atoms with E-state index >= 15 is 0 Å². The Morgan fingerprint density at radius 1 is 1.12 bits per heavy atom. The third-order valence-corrected chi connectivity index (χ3v) is 5.59. The van der Waals surface area contributed by atoms with Crippen molar-refractivity contribution in [1.29, 1.82) is 5.26 Å². The molecule has 1 atom stereocenters. The molecule has 0 N–H and O–H groups in total. The Labute approximate surface area is 148 Å². The van der Waals surface area contributed by atoms with E-state index in [0.29, 0.717) is 25.1 Å². The second-order valence-corrected chi connectivity index (χ2v) is 8.76. The van der Waals surface area contributed by atoms with Crippen LogP contribution in [0.4, 0.5) is 0 Å². The molecule has 0 heterocycles. The van der Waals surface area contributed by atoms with Gasteiger partial charge in [0.15, 0.2) is 0 Å². The van der Waals surface area contributed by atoms with Crippen molar-refractivity contribution in [1.82, 2.24) is 4.67 Å². The molecule has 1 rings (SSSR count). The van der Waals surface area contributed by atoms with E-state index < -0.39 is 8.53 Å². The molecule has 0 bridgehead atoms. The fourth-order valence-corrected chi connectivity index (χ4v) is 4.14. The van der Waals surface area contributed by atoms with E-state index in [1.165, 1.54) is 0 Å². The van der Waals surface area contributed by atoms with Crippen LogP contribution >= 0.6 is 8.53 Å². The van der Waals surface area contributed by atoms with E-state index in [4.69, 9.17) is 14.3 Å². The van der Waals surface area contributed by atoms with E-state index in [1.807, 2.05) is 18.2 Å². The molecule has 0 aromatic heterocycles. The maximum Gasteiger partial charge on any atom is 0.321 e. The summed E-state index contributed by atoms with van der Waals surface area (Å²) in [6, 6.07) is 10.8. The normalized spacial score (nSPS) is 13.4. The summed E-state index contributed by atoms with van der Waals surface area (Å²) in [4.78, 5) is 0. The Morgan fingerprint density at radius 3 is 2.21 bits per heavy atom. The zero-order valence-electron chi connectivity index (χ0n) is 16.0. The highest BCUT2D eigenvalue weighted by molar-refractivity contribution is 7.45. The number of para-hydroxylation sites is 1. The molecular formula is C19H31N2O2P. The van der Waals surface area contributed by atoms with Gasteiger partial charge in [0.2, 0.25) is 0 Å². The monoisotopic (exact) mass is 350 g/mol. The molecule has 0 radical (unpaired) electrons. The number of benzene rings is 1. The molecule has 0 aliphatic carbocycles. The van der Waals surface area contributed by atoms with Crippen LogP contribution in [0.3, 0.4) is 0 Å². The average Bonchev–Trinajstić information content (AvgIpc) is 2.46. The Balaban J connectivity index is 3.11. The molecule has 4 nitrogen and oxygen atoms in total. The van der Waals surface area contributed by atoms with Crippen LogP contribution in [0.2, 0.25) is 0 Å². The van der Waals surface area contributed by atoms with Crippen LogP contribution < -0.4 is 4.52 Å². The topological polar surface area (TPSA) is 45.5 Å². The van der Waals surface area contributed by atoms with Gasteiger partial charge in [-0.1, -0.05) is 39.0 Å². The minimum absolute atomic E-state index is 0.00918. The van der Waals surface area contributed by atoms with Crippen LogP contribution in [-0.2, 0) is 9.94 Å². The summed E-state index contributed by atoms with van der Waals surface area (Å²) in [5, 5.41) is 8.80. The van der Waals surface area contributed by atoms with Crippen LogP contribution in [0.15, 0.2) is 24.3 Å². The quantitative estimate of drug-likeness (QED) is 0.450. The van der Waals surface area contributed by atoms with Crippen molar-refractivity contribution in [2.75, 3.05) is 6.61 Å². The maximum atomic E-state index is 8.80. The highest BCUT2D eigenvalue weighted by Crippen LogP contribution is 2.48. The van der Waals surface area contributed by atoms with Gasteiger partial charge in [-0.3, -0.25) is 0 Å². The van der Waals surface area contributed by atoms with Crippen molar-refractivity contribution < 1.29 is 9.05 Å². The number of hydrogen-bond donors (Lipinski definition) is 0. The molecule has 1 aromatic carbocycles. The Hall–Kier alpha value is -1.14. The third-order valence-electron chi connectivity index (χ3n) is 3.53. The molecule has 1 aromatic rings. The largest absolute Gasteiger partial charge is 0.435 e. The molecule has 1 unspecified atom stereocenters. The number of hydrogen-bond acceptors (Lipinski definition) is 4. The summed E-state index contributed by atoms with van der Waals surface area (Å²) in [7, 11) is -1.27. The average molecular weight is 350 g/mol. The molecule has 0 saturated heterocycles. The Morgan fingerprint density at radius 2 is 1.71 bits per heavy atom. The lowest BCUT2D eigenvalue weighted by Gasteiger charge is -2.36. The first-order valence-electron chi connectivity index (χ1n) is 8.54. The molecule has 24 heavy (non-hydrogen) atoms. The standard InChI is InChI=1S/C19H31N2O2P/c1-15(2)21(16(3)4)24(22-14-10-13-20)23-18-12-9-8-11-17(18)19(5,6)7/h8-9,11-12,15-16H,10,14H2,1-7H3. The highest BCUT2D eigenvalue weighted by atomic mass is 31.2. The van der Waals surface area contributed by atoms with Crippen molar-refractivity contribution in [3.05, 3.63) is 29.8 Å². The predicted molar refractivity (Wildman–Crippen MR) is 101 cm³/mol. The molecule has 0 saturated carbocycles. The second-order valence-electron chi connectivity index (χ2n) is 7.38. The van der Waals surface area contributed by atoms with Gasteiger partial charge in [-0.05, 0) is 44.7 Å². The third kappa shape index (κ3) is 6.06. The summed E-state index contributed by atoms with van der Waals surface area (Å²) >= 11 is 0. The summed E-state index contributed by atoms with van der Waals surface area (Å²) in [6.45, 7) is 15.5. The first-order valence-corrected chi connectivity index (χ1v) is 9.67. The fourth-order valence-electron chi connectivity index (χ4n) is 2.53. The summed E-state index contributed by atoms with van der Waals surface area (Å²) in [6.07, 6.45) is 0.368. The molecule has 134 valence electrons.